The van der Waals surface area contributed by atoms with Gasteiger partial charge in [-0.3, -0.25) is 5.10 Å². The lowest BCUT2D eigenvalue weighted by molar-refractivity contribution is 0.417. The number of aromatic nitrogens is 4. The van der Waals surface area contributed by atoms with Gasteiger partial charge in [0, 0.05) is 6.20 Å². The first-order chi connectivity index (χ1) is 6.27. The van der Waals surface area contributed by atoms with Gasteiger partial charge in [-0.05, 0) is 13.0 Å². The van der Waals surface area contributed by atoms with Crippen molar-refractivity contribution in [2.24, 2.45) is 5.73 Å². The predicted octanol–water partition coefficient (Wildman–Crippen LogP) is 0.479. The molecule has 0 spiro atoms. The molecule has 1 unspecified atom stereocenters. The Bertz CT molecular complexity index is 377. The van der Waals surface area contributed by atoms with Gasteiger partial charge in [0.15, 0.2) is 5.82 Å². The molecule has 2 heterocycles. The fraction of sp³-hybridized carbons (Fsp3) is 0.286. The average Bonchev–Trinajstić information content (AvgIpc) is 2.75. The Morgan fingerprint density at radius 2 is 2.46 bits per heavy atom. The Morgan fingerprint density at radius 1 is 1.62 bits per heavy atom. The Hall–Kier alpha value is -1.69. The van der Waals surface area contributed by atoms with E-state index in [0.717, 1.165) is 0 Å². The van der Waals surface area contributed by atoms with E-state index >= 15 is 0 Å². The fourth-order valence-electron chi connectivity index (χ4n) is 0.904. The molecule has 0 aliphatic rings. The highest BCUT2D eigenvalue weighted by atomic mass is 16.5. The zero-order valence-electron chi connectivity index (χ0n) is 7.06. The van der Waals surface area contributed by atoms with Crippen LogP contribution < -0.4 is 5.73 Å². The van der Waals surface area contributed by atoms with Gasteiger partial charge in [-0.15, -0.1) is 0 Å². The second kappa shape index (κ2) is 2.98. The lowest BCUT2D eigenvalue weighted by atomic mass is 10.3. The molecule has 0 amide bonds. The van der Waals surface area contributed by atoms with Crippen molar-refractivity contribution in [2.75, 3.05) is 0 Å². The molecule has 0 aliphatic heterocycles. The van der Waals surface area contributed by atoms with Crippen molar-refractivity contribution in [3.8, 4) is 11.6 Å². The van der Waals surface area contributed by atoms with Crippen LogP contribution in [0.5, 0.6) is 0 Å². The molecular formula is C7H9N5O. The van der Waals surface area contributed by atoms with Crippen LogP contribution in [0.3, 0.4) is 0 Å². The van der Waals surface area contributed by atoms with E-state index < -0.39 is 0 Å². The van der Waals surface area contributed by atoms with Gasteiger partial charge < -0.3 is 10.3 Å². The van der Waals surface area contributed by atoms with Gasteiger partial charge in [0.1, 0.15) is 5.69 Å². The highest BCUT2D eigenvalue weighted by Crippen LogP contribution is 2.14. The molecule has 0 radical (unpaired) electrons. The van der Waals surface area contributed by atoms with E-state index in [1.54, 1.807) is 19.2 Å². The predicted molar refractivity (Wildman–Crippen MR) is 44.5 cm³/mol. The summed E-state index contributed by atoms with van der Waals surface area (Å²) in [5, 5.41) is 10.2. The molecule has 1 atom stereocenters. The topological polar surface area (TPSA) is 93.6 Å². The quantitative estimate of drug-likeness (QED) is 0.699. The number of hydrogen-bond donors (Lipinski definition) is 2. The monoisotopic (exact) mass is 179 g/mol. The molecule has 13 heavy (non-hydrogen) atoms. The van der Waals surface area contributed by atoms with E-state index in [0.29, 0.717) is 17.4 Å². The maximum absolute atomic E-state index is 5.57. The third-order valence-electron chi connectivity index (χ3n) is 1.58. The van der Waals surface area contributed by atoms with Crippen LogP contribution in [0.4, 0.5) is 0 Å². The lowest BCUT2D eigenvalue weighted by Gasteiger charge is -1.92. The van der Waals surface area contributed by atoms with Gasteiger partial charge in [0.25, 0.3) is 5.89 Å². The summed E-state index contributed by atoms with van der Waals surface area (Å²) in [7, 11) is 0. The summed E-state index contributed by atoms with van der Waals surface area (Å²) in [4.78, 5) is 4.08. The zero-order valence-corrected chi connectivity index (χ0v) is 7.06. The molecule has 2 aromatic heterocycles. The maximum atomic E-state index is 5.57. The third-order valence-corrected chi connectivity index (χ3v) is 1.58. The number of aromatic amines is 1. The van der Waals surface area contributed by atoms with Crippen LogP contribution in [-0.4, -0.2) is 20.3 Å². The highest BCUT2D eigenvalue weighted by Gasteiger charge is 2.11. The minimum absolute atomic E-state index is 0.222. The number of nitrogens with one attached hydrogen (secondary N) is 1. The summed E-state index contributed by atoms with van der Waals surface area (Å²) < 4.78 is 4.96. The van der Waals surface area contributed by atoms with E-state index in [-0.39, 0.29) is 6.04 Å². The molecule has 6 heteroatoms. The summed E-state index contributed by atoms with van der Waals surface area (Å²) in [6.45, 7) is 1.79. The number of nitrogens with two attached hydrogens (primary N) is 1. The molecule has 0 saturated heterocycles. The first kappa shape index (κ1) is 7.93. The van der Waals surface area contributed by atoms with Crippen molar-refractivity contribution < 1.29 is 4.52 Å². The summed E-state index contributed by atoms with van der Waals surface area (Å²) in [5.41, 5.74) is 6.26. The van der Waals surface area contributed by atoms with Crippen LogP contribution in [0, 0.1) is 0 Å². The van der Waals surface area contributed by atoms with Crippen molar-refractivity contribution in [1.29, 1.82) is 0 Å². The molecule has 0 bridgehead atoms. The number of nitrogens with zero attached hydrogens (tertiary/aromatic N) is 3. The first-order valence-corrected chi connectivity index (χ1v) is 3.86. The van der Waals surface area contributed by atoms with Crippen molar-refractivity contribution in [1.82, 2.24) is 20.3 Å². The molecule has 3 N–H and O–H groups in total. The van der Waals surface area contributed by atoms with Crippen LogP contribution in [0.15, 0.2) is 16.8 Å². The van der Waals surface area contributed by atoms with Crippen LogP contribution in [0.25, 0.3) is 11.6 Å². The molecule has 0 fully saturated rings. The minimum Gasteiger partial charge on any atom is -0.332 e. The summed E-state index contributed by atoms with van der Waals surface area (Å²) in [6, 6.07) is 1.53. The van der Waals surface area contributed by atoms with E-state index in [1.165, 1.54) is 0 Å². The second-order valence-corrected chi connectivity index (χ2v) is 2.72. The van der Waals surface area contributed by atoms with Crippen molar-refractivity contribution >= 4 is 0 Å². The van der Waals surface area contributed by atoms with E-state index in [4.69, 9.17) is 10.3 Å². The van der Waals surface area contributed by atoms with Gasteiger partial charge in [0.05, 0.1) is 6.04 Å². The largest absolute Gasteiger partial charge is 0.332 e. The van der Waals surface area contributed by atoms with E-state index in [9.17, 15) is 0 Å². The van der Waals surface area contributed by atoms with Crippen LogP contribution >= 0.6 is 0 Å². The second-order valence-electron chi connectivity index (χ2n) is 2.72. The van der Waals surface area contributed by atoms with Crippen LogP contribution in [-0.2, 0) is 0 Å². The number of H-pyrrole nitrogens is 1. The molecule has 0 aliphatic carbocycles. The molecule has 68 valence electrons. The Morgan fingerprint density at radius 3 is 3.00 bits per heavy atom. The summed E-state index contributed by atoms with van der Waals surface area (Å²) in [5.74, 6) is 0.898. The lowest BCUT2D eigenvalue weighted by Crippen LogP contribution is -2.06. The highest BCUT2D eigenvalue weighted by molar-refractivity contribution is 5.44. The van der Waals surface area contributed by atoms with Crippen molar-refractivity contribution in [3.63, 3.8) is 0 Å². The average molecular weight is 179 g/mol. The maximum Gasteiger partial charge on any atom is 0.275 e. The fourth-order valence-corrected chi connectivity index (χ4v) is 0.904. The SMILES string of the molecule is CC(N)c1noc(-c2ccn[nH]2)n1. The van der Waals surface area contributed by atoms with Gasteiger partial charge in [-0.25, -0.2) is 0 Å². The third kappa shape index (κ3) is 1.43. The number of rotatable bonds is 2. The number of hydrogen-bond acceptors (Lipinski definition) is 5. The zero-order chi connectivity index (χ0) is 9.26. The normalized spacial score (nSPS) is 13.1. The Kier molecular flexibility index (Phi) is 1.82. The molecule has 0 aromatic carbocycles. The molecule has 2 aromatic rings. The molecule has 2 rings (SSSR count). The van der Waals surface area contributed by atoms with E-state index in [1.807, 2.05) is 0 Å². The Balaban J connectivity index is 2.33. The minimum atomic E-state index is -0.222. The van der Waals surface area contributed by atoms with Crippen molar-refractivity contribution in [3.05, 3.63) is 18.1 Å². The summed E-state index contributed by atoms with van der Waals surface area (Å²) in [6.07, 6.45) is 1.62. The van der Waals surface area contributed by atoms with Crippen LogP contribution in [0.2, 0.25) is 0 Å². The van der Waals surface area contributed by atoms with Crippen molar-refractivity contribution in [2.45, 2.75) is 13.0 Å². The first-order valence-electron chi connectivity index (χ1n) is 3.86. The molecular weight excluding hydrogens is 170 g/mol. The van der Waals surface area contributed by atoms with Gasteiger partial charge in [0.2, 0.25) is 0 Å². The smallest absolute Gasteiger partial charge is 0.275 e. The van der Waals surface area contributed by atoms with Gasteiger partial charge in [-0.1, -0.05) is 5.16 Å². The summed E-state index contributed by atoms with van der Waals surface area (Å²) >= 11 is 0. The standard InChI is InChI=1S/C7H9N5O/c1-4(8)6-10-7(13-12-6)5-2-3-9-11-5/h2-4H,8H2,1H3,(H,9,11). The van der Waals surface area contributed by atoms with Gasteiger partial charge >= 0.3 is 0 Å². The van der Waals surface area contributed by atoms with Gasteiger partial charge in [-0.2, -0.15) is 10.1 Å². The van der Waals surface area contributed by atoms with E-state index in [2.05, 4.69) is 20.3 Å². The molecule has 0 saturated carbocycles. The van der Waals surface area contributed by atoms with Crippen LogP contribution in [0.1, 0.15) is 18.8 Å². The molecule has 6 nitrogen and oxygen atoms in total. The Labute approximate surface area is 74.1 Å².